The van der Waals surface area contributed by atoms with Gasteiger partial charge in [0.25, 0.3) is 0 Å². The third-order valence-corrected chi connectivity index (χ3v) is 5.03. The van der Waals surface area contributed by atoms with E-state index in [2.05, 4.69) is 28.9 Å². The normalized spacial score (nSPS) is 14.8. The predicted molar refractivity (Wildman–Crippen MR) is 111 cm³/mol. The number of carbonyl (C=O) groups excluding carboxylic acids is 1. The Kier molecular flexibility index (Phi) is 7.20. The maximum atomic E-state index is 13.4. The van der Waals surface area contributed by atoms with Gasteiger partial charge in [-0.05, 0) is 49.4 Å². The summed E-state index contributed by atoms with van der Waals surface area (Å²) in [6, 6.07) is 10.4. The van der Waals surface area contributed by atoms with E-state index in [0.717, 1.165) is 11.3 Å². The second kappa shape index (κ2) is 9.84. The Labute approximate surface area is 175 Å². The van der Waals surface area contributed by atoms with Crippen molar-refractivity contribution in [2.24, 2.45) is 0 Å². The number of benzene rings is 1. The number of hydrogen-bond acceptors (Lipinski definition) is 4. The zero-order chi connectivity index (χ0) is 21.7. The monoisotopic (exact) mass is 419 g/mol. The molecule has 2 heterocycles. The quantitative estimate of drug-likeness (QED) is 0.687. The molecule has 0 unspecified atom stereocenters. The van der Waals surface area contributed by atoms with E-state index in [1.807, 2.05) is 24.3 Å². The molecule has 8 heteroatoms. The number of carbonyl (C=O) groups is 1. The minimum Gasteiger partial charge on any atom is -0.415 e. The van der Waals surface area contributed by atoms with Gasteiger partial charge >= 0.3 is 12.6 Å². The van der Waals surface area contributed by atoms with Crippen molar-refractivity contribution in [2.45, 2.75) is 52.2 Å². The van der Waals surface area contributed by atoms with E-state index in [4.69, 9.17) is 4.74 Å². The molecule has 0 atom stereocenters. The van der Waals surface area contributed by atoms with Crippen LogP contribution in [0.4, 0.5) is 25.0 Å². The fourth-order valence-electron chi connectivity index (χ4n) is 3.59. The summed E-state index contributed by atoms with van der Waals surface area (Å²) in [5.74, 6) is -0.0995. The lowest BCUT2D eigenvalue weighted by atomic mass is 9.98. The first kappa shape index (κ1) is 22.0. The Morgan fingerprint density at radius 1 is 1.20 bits per heavy atom. The number of hydrogen-bond donors (Lipinski definition) is 1. The lowest BCUT2D eigenvalue weighted by Crippen LogP contribution is -2.46. The van der Waals surface area contributed by atoms with Crippen molar-refractivity contribution in [2.75, 3.05) is 23.4 Å². The van der Waals surface area contributed by atoms with Crippen LogP contribution in [0.3, 0.4) is 0 Å². The summed E-state index contributed by atoms with van der Waals surface area (Å²) in [5, 5.41) is 2.73. The van der Waals surface area contributed by atoms with E-state index in [1.165, 1.54) is 6.07 Å². The summed E-state index contributed by atoms with van der Waals surface area (Å²) in [6.45, 7) is 3.88. The summed E-state index contributed by atoms with van der Waals surface area (Å²) in [6.07, 6.45) is 1.37. The summed E-state index contributed by atoms with van der Waals surface area (Å²) in [5.41, 5.74) is 2.44. The molecule has 1 fully saturated rings. The average Bonchev–Trinajstić information content (AvgIpc) is 2.71. The number of ether oxygens (including phenoxy) is 2. The van der Waals surface area contributed by atoms with Crippen molar-refractivity contribution in [1.29, 1.82) is 0 Å². The number of urea groups is 1. The molecule has 1 aromatic heterocycles. The van der Waals surface area contributed by atoms with Crippen molar-refractivity contribution < 1.29 is 23.0 Å². The standard InChI is InChI=1S/C22H27F2N3O3/c1-14(2)17-6-4-5-7-19(17)27(16-10-12-29-13-11-16)22(28)26-18-9-8-15(3)25-20(18)30-21(23)24/h4-9,14,16,21H,10-13H2,1-3H3,(H,26,28). The van der Waals surface area contributed by atoms with Crippen LogP contribution in [0.25, 0.3) is 0 Å². The lowest BCUT2D eigenvalue weighted by molar-refractivity contribution is -0.0523. The maximum Gasteiger partial charge on any atom is 0.388 e. The Hall–Kier alpha value is -2.74. The topological polar surface area (TPSA) is 63.7 Å². The number of halogens is 2. The fraction of sp³-hybridized carbons (Fsp3) is 0.455. The molecule has 0 bridgehead atoms. The van der Waals surface area contributed by atoms with Crippen molar-refractivity contribution in [3.63, 3.8) is 0 Å². The third-order valence-electron chi connectivity index (χ3n) is 5.03. The number of anilines is 2. The van der Waals surface area contributed by atoms with E-state index >= 15 is 0 Å². The van der Waals surface area contributed by atoms with Crippen LogP contribution in [0.15, 0.2) is 36.4 Å². The van der Waals surface area contributed by atoms with Gasteiger partial charge in [-0.15, -0.1) is 0 Å². The van der Waals surface area contributed by atoms with Gasteiger partial charge in [0, 0.05) is 30.6 Å². The molecule has 1 aromatic carbocycles. The fourth-order valence-corrected chi connectivity index (χ4v) is 3.59. The first-order chi connectivity index (χ1) is 14.4. The molecule has 30 heavy (non-hydrogen) atoms. The minimum absolute atomic E-state index is 0.0727. The van der Waals surface area contributed by atoms with Gasteiger partial charge in [0.05, 0.1) is 0 Å². The number of nitrogens with one attached hydrogen (secondary N) is 1. The van der Waals surface area contributed by atoms with Crippen molar-refractivity contribution >= 4 is 17.4 Å². The van der Waals surface area contributed by atoms with Gasteiger partial charge in [-0.25, -0.2) is 9.78 Å². The number of nitrogens with zero attached hydrogens (tertiary/aromatic N) is 2. The molecule has 0 saturated carbocycles. The number of para-hydroxylation sites is 1. The van der Waals surface area contributed by atoms with Crippen LogP contribution < -0.4 is 15.0 Å². The Bertz CT molecular complexity index is 870. The molecule has 1 saturated heterocycles. The smallest absolute Gasteiger partial charge is 0.388 e. The molecule has 2 amide bonds. The molecule has 1 aliphatic heterocycles. The molecule has 6 nitrogen and oxygen atoms in total. The van der Waals surface area contributed by atoms with Gasteiger partial charge in [-0.3, -0.25) is 4.90 Å². The van der Waals surface area contributed by atoms with Gasteiger partial charge in [0.1, 0.15) is 5.69 Å². The number of aromatic nitrogens is 1. The zero-order valence-electron chi connectivity index (χ0n) is 17.4. The number of amides is 2. The molecule has 162 valence electrons. The molecular formula is C22H27F2N3O3. The number of pyridine rings is 1. The first-order valence-corrected chi connectivity index (χ1v) is 10.1. The molecule has 0 aliphatic carbocycles. The Morgan fingerprint density at radius 3 is 2.57 bits per heavy atom. The maximum absolute atomic E-state index is 13.4. The van der Waals surface area contributed by atoms with Gasteiger partial charge in [0.15, 0.2) is 0 Å². The van der Waals surface area contributed by atoms with Crippen LogP contribution in [-0.2, 0) is 4.74 Å². The summed E-state index contributed by atoms with van der Waals surface area (Å²) < 4.78 is 35.6. The third kappa shape index (κ3) is 5.24. The SMILES string of the molecule is Cc1ccc(NC(=O)N(c2ccccc2C(C)C)C2CCOCC2)c(OC(F)F)n1. The van der Waals surface area contributed by atoms with Crippen LogP contribution in [0.5, 0.6) is 5.88 Å². The van der Waals surface area contributed by atoms with Gasteiger partial charge < -0.3 is 14.8 Å². The lowest BCUT2D eigenvalue weighted by Gasteiger charge is -2.36. The minimum atomic E-state index is -3.04. The molecule has 1 N–H and O–H groups in total. The highest BCUT2D eigenvalue weighted by Crippen LogP contribution is 2.33. The number of alkyl halides is 2. The summed E-state index contributed by atoms with van der Waals surface area (Å²) in [4.78, 5) is 19.1. The largest absolute Gasteiger partial charge is 0.415 e. The van der Waals surface area contributed by atoms with E-state index in [1.54, 1.807) is 17.9 Å². The van der Waals surface area contributed by atoms with E-state index < -0.39 is 12.6 Å². The molecule has 2 aromatic rings. The molecule has 3 rings (SSSR count). The van der Waals surface area contributed by atoms with Crippen molar-refractivity contribution in [3.8, 4) is 5.88 Å². The average molecular weight is 419 g/mol. The van der Waals surface area contributed by atoms with Gasteiger partial charge in [0.2, 0.25) is 5.88 Å². The Morgan fingerprint density at radius 2 is 1.90 bits per heavy atom. The highest BCUT2D eigenvalue weighted by Gasteiger charge is 2.30. The highest BCUT2D eigenvalue weighted by molar-refractivity contribution is 6.03. The van der Waals surface area contributed by atoms with Crippen molar-refractivity contribution in [1.82, 2.24) is 4.98 Å². The van der Waals surface area contributed by atoms with Gasteiger partial charge in [-0.2, -0.15) is 8.78 Å². The van der Waals surface area contributed by atoms with E-state index in [0.29, 0.717) is 31.7 Å². The second-order valence-electron chi connectivity index (χ2n) is 7.54. The predicted octanol–water partition coefficient (Wildman–Crippen LogP) is 5.33. The zero-order valence-corrected chi connectivity index (χ0v) is 17.4. The van der Waals surface area contributed by atoms with Crippen LogP contribution in [0.1, 0.15) is 43.9 Å². The molecule has 1 aliphatic rings. The number of aryl methyl sites for hydroxylation is 1. The van der Waals surface area contributed by atoms with Crippen molar-refractivity contribution in [3.05, 3.63) is 47.7 Å². The van der Waals surface area contributed by atoms with E-state index in [9.17, 15) is 13.6 Å². The van der Waals surface area contributed by atoms with Crippen LogP contribution >= 0.6 is 0 Å². The summed E-state index contributed by atoms with van der Waals surface area (Å²) >= 11 is 0. The van der Waals surface area contributed by atoms with E-state index in [-0.39, 0.29) is 23.5 Å². The Balaban J connectivity index is 1.96. The van der Waals surface area contributed by atoms with Crippen LogP contribution in [0.2, 0.25) is 0 Å². The summed E-state index contributed by atoms with van der Waals surface area (Å²) in [7, 11) is 0. The highest BCUT2D eigenvalue weighted by atomic mass is 19.3. The second-order valence-corrected chi connectivity index (χ2v) is 7.54. The molecule has 0 radical (unpaired) electrons. The molecule has 0 spiro atoms. The van der Waals surface area contributed by atoms with Gasteiger partial charge in [-0.1, -0.05) is 32.0 Å². The number of rotatable bonds is 6. The first-order valence-electron chi connectivity index (χ1n) is 10.1. The molecular weight excluding hydrogens is 392 g/mol. The van der Waals surface area contributed by atoms with Crippen LogP contribution in [0, 0.1) is 6.92 Å². The van der Waals surface area contributed by atoms with Crippen LogP contribution in [-0.4, -0.2) is 36.9 Å².